The van der Waals surface area contributed by atoms with Gasteiger partial charge in [-0.25, -0.2) is 4.79 Å². The number of urea groups is 1. The van der Waals surface area contributed by atoms with Crippen molar-refractivity contribution in [1.82, 2.24) is 14.8 Å². The first-order chi connectivity index (χ1) is 10.8. The molecule has 0 aromatic carbocycles. The summed E-state index contributed by atoms with van der Waals surface area (Å²) in [6.45, 7) is 6.07. The maximum absolute atomic E-state index is 12.6. The van der Waals surface area contributed by atoms with Crippen LogP contribution in [-0.2, 0) is 4.74 Å². The van der Waals surface area contributed by atoms with Crippen LogP contribution in [0.3, 0.4) is 0 Å². The molecule has 3 heterocycles. The third kappa shape index (κ3) is 3.52. The van der Waals surface area contributed by atoms with E-state index in [1.807, 2.05) is 28.3 Å². The van der Waals surface area contributed by atoms with Crippen molar-refractivity contribution in [2.75, 3.05) is 57.4 Å². The molecular formula is C15H21BrN4O2. The van der Waals surface area contributed by atoms with Gasteiger partial charge in [-0.05, 0) is 28.4 Å². The molecule has 1 aromatic rings. The summed E-state index contributed by atoms with van der Waals surface area (Å²) in [5.74, 6) is 0. The molecule has 3 rings (SSSR count). The van der Waals surface area contributed by atoms with Crippen LogP contribution < -0.4 is 4.90 Å². The fraction of sp³-hybridized carbons (Fsp3) is 0.600. The third-order valence-corrected chi connectivity index (χ3v) is 4.75. The topological polar surface area (TPSA) is 48.9 Å². The summed E-state index contributed by atoms with van der Waals surface area (Å²) in [5, 5.41) is 0. The standard InChI is InChI=1S/C15H21BrN4O2/c16-13-12-17-3-2-14(13)18-4-1-5-19(7-6-18)15(21)20-8-10-22-11-9-20/h2-3,12H,1,4-11H2. The molecule has 2 aliphatic heterocycles. The van der Waals surface area contributed by atoms with Crippen molar-refractivity contribution in [3.8, 4) is 0 Å². The maximum Gasteiger partial charge on any atom is 0.320 e. The van der Waals surface area contributed by atoms with Gasteiger partial charge in [0.25, 0.3) is 0 Å². The van der Waals surface area contributed by atoms with Gasteiger partial charge < -0.3 is 19.4 Å². The van der Waals surface area contributed by atoms with Crippen molar-refractivity contribution in [1.29, 1.82) is 0 Å². The monoisotopic (exact) mass is 368 g/mol. The quantitative estimate of drug-likeness (QED) is 0.758. The van der Waals surface area contributed by atoms with E-state index in [1.54, 1.807) is 0 Å². The zero-order valence-corrected chi connectivity index (χ0v) is 14.2. The second kappa shape index (κ2) is 7.28. The number of halogens is 1. The van der Waals surface area contributed by atoms with Crippen LogP contribution in [0.1, 0.15) is 6.42 Å². The Hall–Kier alpha value is -1.34. The summed E-state index contributed by atoms with van der Waals surface area (Å²) >= 11 is 3.56. The minimum atomic E-state index is 0.152. The van der Waals surface area contributed by atoms with Crippen molar-refractivity contribution in [3.63, 3.8) is 0 Å². The summed E-state index contributed by atoms with van der Waals surface area (Å²) < 4.78 is 6.32. The highest BCUT2D eigenvalue weighted by molar-refractivity contribution is 9.10. The molecule has 0 aliphatic carbocycles. The number of carbonyl (C=O) groups excluding carboxylic acids is 1. The SMILES string of the molecule is O=C(N1CCOCC1)N1CCCN(c2ccncc2Br)CC1. The minimum Gasteiger partial charge on any atom is -0.378 e. The fourth-order valence-electron chi connectivity index (χ4n) is 2.93. The molecular weight excluding hydrogens is 348 g/mol. The van der Waals surface area contributed by atoms with Gasteiger partial charge in [-0.1, -0.05) is 0 Å². The Kier molecular flexibility index (Phi) is 5.15. The zero-order chi connectivity index (χ0) is 15.4. The Labute approximate surface area is 139 Å². The van der Waals surface area contributed by atoms with E-state index in [0.717, 1.165) is 42.8 Å². The van der Waals surface area contributed by atoms with Gasteiger partial charge in [0.1, 0.15) is 0 Å². The Morgan fingerprint density at radius 2 is 1.86 bits per heavy atom. The molecule has 0 spiro atoms. The Bertz CT molecular complexity index is 522. The highest BCUT2D eigenvalue weighted by Crippen LogP contribution is 2.25. The van der Waals surface area contributed by atoms with Gasteiger partial charge in [0, 0.05) is 51.7 Å². The zero-order valence-electron chi connectivity index (χ0n) is 12.6. The number of anilines is 1. The highest BCUT2D eigenvalue weighted by atomic mass is 79.9. The number of hydrogen-bond acceptors (Lipinski definition) is 4. The van der Waals surface area contributed by atoms with E-state index in [2.05, 4.69) is 25.8 Å². The summed E-state index contributed by atoms with van der Waals surface area (Å²) in [4.78, 5) is 22.9. The summed E-state index contributed by atoms with van der Waals surface area (Å²) in [7, 11) is 0. The molecule has 7 heteroatoms. The number of aromatic nitrogens is 1. The van der Waals surface area contributed by atoms with Gasteiger partial charge in [0.15, 0.2) is 0 Å². The smallest absolute Gasteiger partial charge is 0.320 e. The average Bonchev–Trinajstić information content (AvgIpc) is 2.81. The van der Waals surface area contributed by atoms with Crippen molar-refractivity contribution in [3.05, 3.63) is 22.9 Å². The molecule has 2 saturated heterocycles. The number of amides is 2. The molecule has 2 aliphatic rings. The Balaban J connectivity index is 1.62. The van der Waals surface area contributed by atoms with Crippen LogP contribution in [0.4, 0.5) is 10.5 Å². The van der Waals surface area contributed by atoms with Gasteiger partial charge in [-0.15, -0.1) is 0 Å². The molecule has 0 unspecified atom stereocenters. The van der Waals surface area contributed by atoms with Crippen molar-refractivity contribution >= 4 is 27.6 Å². The summed E-state index contributed by atoms with van der Waals surface area (Å²) in [6.07, 6.45) is 4.60. The largest absolute Gasteiger partial charge is 0.378 e. The number of rotatable bonds is 1. The van der Waals surface area contributed by atoms with Crippen molar-refractivity contribution in [2.45, 2.75) is 6.42 Å². The molecule has 120 valence electrons. The molecule has 0 radical (unpaired) electrons. The maximum atomic E-state index is 12.6. The molecule has 0 saturated carbocycles. The minimum absolute atomic E-state index is 0.152. The fourth-order valence-corrected chi connectivity index (χ4v) is 3.43. The van der Waals surface area contributed by atoms with Crippen LogP contribution in [-0.4, -0.2) is 73.3 Å². The number of pyridine rings is 1. The number of nitrogens with zero attached hydrogens (tertiary/aromatic N) is 4. The molecule has 0 N–H and O–H groups in total. The highest BCUT2D eigenvalue weighted by Gasteiger charge is 2.25. The Morgan fingerprint density at radius 3 is 2.64 bits per heavy atom. The van der Waals surface area contributed by atoms with Crippen LogP contribution in [0.15, 0.2) is 22.9 Å². The third-order valence-electron chi connectivity index (χ3n) is 4.14. The number of carbonyl (C=O) groups is 1. The molecule has 22 heavy (non-hydrogen) atoms. The van der Waals surface area contributed by atoms with Gasteiger partial charge in [0.2, 0.25) is 0 Å². The van der Waals surface area contributed by atoms with E-state index >= 15 is 0 Å². The van der Waals surface area contributed by atoms with Gasteiger partial charge in [-0.3, -0.25) is 4.98 Å². The van der Waals surface area contributed by atoms with Crippen LogP contribution in [0.5, 0.6) is 0 Å². The molecule has 2 fully saturated rings. The lowest BCUT2D eigenvalue weighted by molar-refractivity contribution is 0.0438. The first-order valence-corrected chi connectivity index (χ1v) is 8.51. The molecule has 2 amide bonds. The van der Waals surface area contributed by atoms with Gasteiger partial charge in [0.05, 0.1) is 23.4 Å². The molecule has 6 nitrogen and oxygen atoms in total. The van der Waals surface area contributed by atoms with Crippen molar-refractivity contribution < 1.29 is 9.53 Å². The number of morpholine rings is 1. The predicted octanol–water partition coefficient (Wildman–Crippen LogP) is 1.81. The number of hydrogen-bond donors (Lipinski definition) is 0. The van der Waals surface area contributed by atoms with Crippen LogP contribution in [0.2, 0.25) is 0 Å². The number of ether oxygens (including phenoxy) is 1. The second-order valence-corrected chi connectivity index (χ2v) is 6.39. The van der Waals surface area contributed by atoms with E-state index in [9.17, 15) is 4.79 Å². The van der Waals surface area contributed by atoms with E-state index in [4.69, 9.17) is 4.74 Å². The normalized spacial score (nSPS) is 20.0. The lowest BCUT2D eigenvalue weighted by Gasteiger charge is -2.32. The van der Waals surface area contributed by atoms with Crippen LogP contribution >= 0.6 is 15.9 Å². The van der Waals surface area contributed by atoms with Crippen LogP contribution in [0, 0.1) is 0 Å². The van der Waals surface area contributed by atoms with Crippen LogP contribution in [0.25, 0.3) is 0 Å². The van der Waals surface area contributed by atoms with Gasteiger partial charge >= 0.3 is 6.03 Å². The summed E-state index contributed by atoms with van der Waals surface area (Å²) in [5.41, 5.74) is 1.15. The first kappa shape index (κ1) is 15.6. The van der Waals surface area contributed by atoms with E-state index in [-0.39, 0.29) is 6.03 Å². The molecule has 0 bridgehead atoms. The summed E-state index contributed by atoms with van der Waals surface area (Å²) in [6, 6.07) is 2.17. The second-order valence-electron chi connectivity index (χ2n) is 5.54. The van der Waals surface area contributed by atoms with Crippen molar-refractivity contribution in [2.24, 2.45) is 0 Å². The van der Waals surface area contributed by atoms with E-state index < -0.39 is 0 Å². The van der Waals surface area contributed by atoms with E-state index in [1.165, 1.54) is 0 Å². The predicted molar refractivity (Wildman–Crippen MR) is 88.1 cm³/mol. The first-order valence-electron chi connectivity index (χ1n) is 7.72. The average molecular weight is 369 g/mol. The lowest BCUT2D eigenvalue weighted by atomic mass is 10.3. The lowest BCUT2D eigenvalue weighted by Crippen LogP contribution is -2.49. The van der Waals surface area contributed by atoms with E-state index in [0.29, 0.717) is 26.3 Å². The van der Waals surface area contributed by atoms with Gasteiger partial charge in [-0.2, -0.15) is 0 Å². The molecule has 0 atom stereocenters. The Morgan fingerprint density at radius 1 is 1.09 bits per heavy atom. The molecule has 1 aromatic heterocycles.